The summed E-state index contributed by atoms with van der Waals surface area (Å²) in [5.74, 6) is 1.40. The van der Waals surface area contributed by atoms with Gasteiger partial charge in [0.15, 0.2) is 0 Å². The van der Waals surface area contributed by atoms with Gasteiger partial charge in [0.2, 0.25) is 0 Å². The van der Waals surface area contributed by atoms with Crippen LogP contribution in [0.3, 0.4) is 0 Å². The first kappa shape index (κ1) is 19.2. The van der Waals surface area contributed by atoms with Crippen LogP contribution in [0.25, 0.3) is 11.3 Å². The van der Waals surface area contributed by atoms with Crippen molar-refractivity contribution >= 4 is 5.69 Å². The first-order valence-electron chi connectivity index (χ1n) is 8.29. The molecule has 1 heterocycles. The predicted molar refractivity (Wildman–Crippen MR) is 96.2 cm³/mol. The van der Waals surface area contributed by atoms with Crippen molar-refractivity contribution in [3.05, 3.63) is 29.7 Å². The second kappa shape index (κ2) is 8.33. The van der Waals surface area contributed by atoms with E-state index in [1.807, 2.05) is 13.0 Å². The minimum absolute atomic E-state index is 0.353. The van der Waals surface area contributed by atoms with E-state index in [0.717, 1.165) is 11.5 Å². The van der Waals surface area contributed by atoms with Crippen LogP contribution in [0.5, 0.6) is 5.75 Å². The van der Waals surface area contributed by atoms with Crippen molar-refractivity contribution in [1.82, 2.24) is 9.97 Å². The van der Waals surface area contributed by atoms with Gasteiger partial charge in [-0.1, -0.05) is 6.07 Å². The summed E-state index contributed by atoms with van der Waals surface area (Å²) < 4.78 is 11.0. The molecule has 7 nitrogen and oxygen atoms in total. The number of aryl methyl sites for hydroxylation is 1. The zero-order valence-electron chi connectivity index (χ0n) is 15.2. The number of rotatable bonds is 9. The van der Waals surface area contributed by atoms with Crippen LogP contribution in [0.2, 0.25) is 0 Å². The van der Waals surface area contributed by atoms with E-state index >= 15 is 0 Å². The van der Waals surface area contributed by atoms with Gasteiger partial charge in [-0.15, -0.1) is 0 Å². The minimum atomic E-state index is -0.803. The largest absolute Gasteiger partial charge is 0.493 e. The monoisotopic (exact) mass is 349 g/mol. The highest BCUT2D eigenvalue weighted by Gasteiger charge is 2.19. The van der Waals surface area contributed by atoms with Gasteiger partial charge in [-0.3, -0.25) is 10.7 Å². The zero-order chi connectivity index (χ0) is 18.4. The summed E-state index contributed by atoms with van der Waals surface area (Å²) in [4.78, 5) is 7.87. The van der Waals surface area contributed by atoms with E-state index in [2.05, 4.69) is 15.4 Å². The van der Waals surface area contributed by atoms with Crippen LogP contribution in [-0.4, -0.2) is 46.2 Å². The molecular weight excluding hydrogens is 322 g/mol. The van der Waals surface area contributed by atoms with Crippen LogP contribution < -0.4 is 10.2 Å². The number of benzene rings is 1. The van der Waals surface area contributed by atoms with Gasteiger partial charge in [-0.05, 0) is 32.9 Å². The Kier molecular flexibility index (Phi) is 6.41. The number of nitrogens with one attached hydrogen (secondary N) is 2. The molecule has 2 aromatic rings. The first-order chi connectivity index (χ1) is 11.9. The van der Waals surface area contributed by atoms with Crippen molar-refractivity contribution in [3.63, 3.8) is 0 Å². The molecule has 1 aromatic carbocycles. The summed E-state index contributed by atoms with van der Waals surface area (Å²) in [5, 5.41) is 19.3. The van der Waals surface area contributed by atoms with Gasteiger partial charge in [0, 0.05) is 25.6 Å². The van der Waals surface area contributed by atoms with Gasteiger partial charge < -0.3 is 19.6 Å². The van der Waals surface area contributed by atoms with E-state index in [0.29, 0.717) is 48.7 Å². The first-order valence-corrected chi connectivity index (χ1v) is 8.29. The van der Waals surface area contributed by atoms with Gasteiger partial charge in [0.1, 0.15) is 11.6 Å². The summed E-state index contributed by atoms with van der Waals surface area (Å²) >= 11 is 0. The summed E-state index contributed by atoms with van der Waals surface area (Å²) in [7, 11) is 1.65. The molecule has 0 saturated carbocycles. The maximum Gasteiger partial charge on any atom is 0.130 e. The molecule has 0 radical (unpaired) electrons. The fourth-order valence-electron chi connectivity index (χ4n) is 2.48. The van der Waals surface area contributed by atoms with E-state index in [1.165, 1.54) is 0 Å². The van der Waals surface area contributed by atoms with E-state index in [4.69, 9.17) is 9.47 Å². The highest BCUT2D eigenvalue weighted by Crippen LogP contribution is 2.37. The summed E-state index contributed by atoms with van der Waals surface area (Å²) in [6.45, 7) is 6.33. The Morgan fingerprint density at radius 2 is 2.04 bits per heavy atom. The number of methoxy groups -OCH3 is 1. The van der Waals surface area contributed by atoms with Crippen molar-refractivity contribution in [1.29, 1.82) is 0 Å². The molecule has 0 aliphatic carbocycles. The second-order valence-electron chi connectivity index (χ2n) is 6.60. The Morgan fingerprint density at radius 3 is 2.68 bits per heavy atom. The molecule has 0 amide bonds. The summed E-state index contributed by atoms with van der Waals surface area (Å²) in [6.07, 6.45) is 1.16. The fourth-order valence-corrected chi connectivity index (χ4v) is 2.48. The summed E-state index contributed by atoms with van der Waals surface area (Å²) in [6, 6.07) is 5.36. The van der Waals surface area contributed by atoms with Crippen LogP contribution in [0, 0.1) is 6.92 Å². The lowest BCUT2D eigenvalue weighted by molar-refractivity contribution is 0.0554. The third-order valence-corrected chi connectivity index (χ3v) is 3.83. The molecule has 2 rings (SSSR count). The lowest BCUT2D eigenvalue weighted by Crippen LogP contribution is -2.22. The molecule has 0 bridgehead atoms. The minimum Gasteiger partial charge on any atom is -0.493 e. The Labute approximate surface area is 148 Å². The van der Waals surface area contributed by atoms with E-state index < -0.39 is 5.60 Å². The normalized spacial score (nSPS) is 11.6. The van der Waals surface area contributed by atoms with Gasteiger partial charge >= 0.3 is 0 Å². The Hall–Kier alpha value is -2.09. The van der Waals surface area contributed by atoms with Gasteiger partial charge in [-0.25, -0.2) is 4.98 Å². The maximum absolute atomic E-state index is 9.85. The van der Waals surface area contributed by atoms with Crippen molar-refractivity contribution < 1.29 is 19.8 Å². The third kappa shape index (κ3) is 5.19. The van der Waals surface area contributed by atoms with Crippen molar-refractivity contribution in [3.8, 4) is 17.0 Å². The number of hydrogen-bond acceptors (Lipinski definition) is 6. The van der Waals surface area contributed by atoms with E-state index in [9.17, 15) is 10.3 Å². The molecule has 0 atom stereocenters. The standard InChI is InChI=1S/C18H27N3O4/c1-12-17(20-15(19-12)8-10-24-4)16-13(21-23)6-5-7-14(16)25-11-9-18(2,3)22/h5-7,21-23H,8-11H2,1-4H3,(H,19,20). The highest BCUT2D eigenvalue weighted by atomic mass is 16.5. The molecule has 1 aromatic heterocycles. The number of aromatic nitrogens is 2. The Balaban J connectivity index is 2.33. The molecular formula is C18H27N3O4. The van der Waals surface area contributed by atoms with Crippen LogP contribution in [0.15, 0.2) is 18.2 Å². The molecule has 0 aliphatic rings. The smallest absolute Gasteiger partial charge is 0.130 e. The third-order valence-electron chi connectivity index (χ3n) is 3.83. The molecule has 7 heteroatoms. The quantitative estimate of drug-likeness (QED) is 0.520. The average molecular weight is 349 g/mol. The SMILES string of the molecule is COCCc1nc(-c2c(NO)cccc2OCCC(C)(C)O)c(C)[nH]1. The van der Waals surface area contributed by atoms with E-state index in [1.54, 1.807) is 33.1 Å². The number of nitrogens with zero attached hydrogens (tertiary/aromatic N) is 1. The van der Waals surface area contributed by atoms with Gasteiger partial charge in [-0.2, -0.15) is 0 Å². The maximum atomic E-state index is 9.85. The molecule has 25 heavy (non-hydrogen) atoms. The topological polar surface area (TPSA) is 99.6 Å². The Bertz CT molecular complexity index is 692. The molecule has 0 fully saturated rings. The van der Waals surface area contributed by atoms with E-state index in [-0.39, 0.29) is 0 Å². The lowest BCUT2D eigenvalue weighted by Gasteiger charge is -2.19. The van der Waals surface area contributed by atoms with Gasteiger partial charge in [0.25, 0.3) is 0 Å². The lowest BCUT2D eigenvalue weighted by atomic mass is 10.1. The van der Waals surface area contributed by atoms with Crippen molar-refractivity contribution in [2.24, 2.45) is 0 Å². The number of anilines is 1. The second-order valence-corrected chi connectivity index (χ2v) is 6.60. The number of ether oxygens (including phenoxy) is 2. The number of imidazole rings is 1. The van der Waals surface area contributed by atoms with Gasteiger partial charge in [0.05, 0.1) is 35.8 Å². The molecule has 0 saturated heterocycles. The molecule has 0 aliphatic heterocycles. The summed E-state index contributed by atoms with van der Waals surface area (Å²) in [5.41, 5.74) is 4.18. The van der Waals surface area contributed by atoms with Crippen molar-refractivity contribution in [2.45, 2.75) is 39.2 Å². The van der Waals surface area contributed by atoms with Crippen LogP contribution >= 0.6 is 0 Å². The number of H-pyrrole nitrogens is 1. The molecule has 0 spiro atoms. The predicted octanol–water partition coefficient (Wildman–Crippen LogP) is 2.91. The average Bonchev–Trinajstić information content (AvgIpc) is 2.92. The number of aromatic amines is 1. The molecule has 0 unspecified atom stereocenters. The highest BCUT2D eigenvalue weighted by molar-refractivity contribution is 5.82. The van der Waals surface area contributed by atoms with Crippen LogP contribution in [-0.2, 0) is 11.2 Å². The molecule has 4 N–H and O–H groups in total. The fraction of sp³-hybridized carbons (Fsp3) is 0.500. The number of hydrogen-bond donors (Lipinski definition) is 4. The molecule has 138 valence electrons. The van der Waals surface area contributed by atoms with Crippen molar-refractivity contribution in [2.75, 3.05) is 25.8 Å². The van der Waals surface area contributed by atoms with Crippen LogP contribution in [0.4, 0.5) is 5.69 Å². The zero-order valence-corrected chi connectivity index (χ0v) is 15.2. The Morgan fingerprint density at radius 1 is 1.28 bits per heavy atom. The number of aliphatic hydroxyl groups is 1. The van der Waals surface area contributed by atoms with Crippen LogP contribution in [0.1, 0.15) is 31.8 Å².